The topological polar surface area (TPSA) is 70.7 Å². The van der Waals surface area contributed by atoms with Gasteiger partial charge in [0.2, 0.25) is 5.91 Å². The van der Waals surface area contributed by atoms with Crippen LogP contribution in [0.25, 0.3) is 11.3 Å². The molecule has 2 aromatic rings. The molecule has 7 heteroatoms. The van der Waals surface area contributed by atoms with Crippen molar-refractivity contribution in [3.63, 3.8) is 0 Å². The van der Waals surface area contributed by atoms with E-state index < -0.39 is 0 Å². The molecule has 4 rings (SSSR count). The van der Waals surface area contributed by atoms with Crippen LogP contribution >= 0.6 is 0 Å². The summed E-state index contributed by atoms with van der Waals surface area (Å²) in [5, 5.41) is 7.60. The SMILES string of the molecule is COCCN(C[C@@H]1CCCN2CCCC[C@@H]12)C(=O)Cc1c(-c2ccc(OC)cc2)n[nH]c1C. The number of nitrogens with zero attached hydrogens (tertiary/aromatic N) is 3. The zero-order valence-electron chi connectivity index (χ0n) is 20.3. The van der Waals surface area contributed by atoms with Crippen molar-refractivity contribution >= 4 is 5.91 Å². The van der Waals surface area contributed by atoms with Crippen molar-refractivity contribution in [2.75, 3.05) is 47.0 Å². The van der Waals surface area contributed by atoms with Crippen LogP contribution in [-0.4, -0.2) is 79.0 Å². The van der Waals surface area contributed by atoms with Crippen molar-refractivity contribution in [1.29, 1.82) is 0 Å². The van der Waals surface area contributed by atoms with Crippen LogP contribution in [0.15, 0.2) is 24.3 Å². The maximum absolute atomic E-state index is 13.6. The molecule has 2 aliphatic rings. The number of amides is 1. The lowest BCUT2D eigenvalue weighted by molar-refractivity contribution is -0.132. The van der Waals surface area contributed by atoms with Gasteiger partial charge in [-0.2, -0.15) is 5.10 Å². The van der Waals surface area contributed by atoms with Crippen LogP contribution in [-0.2, 0) is 16.0 Å². The number of aromatic nitrogens is 2. The number of carbonyl (C=O) groups excluding carboxylic acids is 1. The number of aromatic amines is 1. The average Bonchev–Trinajstić information content (AvgIpc) is 3.21. The molecule has 1 aromatic heterocycles. The minimum atomic E-state index is 0.152. The smallest absolute Gasteiger partial charge is 0.227 e. The monoisotopic (exact) mass is 454 g/mol. The number of carbonyl (C=O) groups is 1. The molecule has 2 saturated heterocycles. The molecular formula is C26H38N4O3. The van der Waals surface area contributed by atoms with Gasteiger partial charge in [-0.15, -0.1) is 0 Å². The van der Waals surface area contributed by atoms with Gasteiger partial charge in [0.1, 0.15) is 5.75 Å². The van der Waals surface area contributed by atoms with Crippen molar-refractivity contribution in [3.8, 4) is 17.0 Å². The molecule has 0 saturated carbocycles. The van der Waals surface area contributed by atoms with E-state index in [2.05, 4.69) is 15.1 Å². The summed E-state index contributed by atoms with van der Waals surface area (Å²) >= 11 is 0. The average molecular weight is 455 g/mol. The number of aryl methyl sites for hydroxylation is 1. The zero-order chi connectivity index (χ0) is 23.2. The van der Waals surface area contributed by atoms with Crippen LogP contribution in [0.1, 0.15) is 43.4 Å². The Kier molecular flexibility index (Phi) is 8.04. The fraction of sp³-hybridized carbons (Fsp3) is 0.615. The van der Waals surface area contributed by atoms with E-state index in [9.17, 15) is 4.79 Å². The summed E-state index contributed by atoms with van der Waals surface area (Å²) in [5.41, 5.74) is 3.73. The van der Waals surface area contributed by atoms with E-state index in [1.165, 1.54) is 45.2 Å². The first-order valence-electron chi connectivity index (χ1n) is 12.3. The van der Waals surface area contributed by atoms with Gasteiger partial charge in [0, 0.05) is 43.1 Å². The third-order valence-electron chi connectivity index (χ3n) is 7.37. The molecule has 1 amide bonds. The Balaban J connectivity index is 1.50. The fourth-order valence-corrected chi connectivity index (χ4v) is 5.51. The van der Waals surface area contributed by atoms with Crippen LogP contribution in [0.4, 0.5) is 0 Å². The molecule has 3 heterocycles. The standard InChI is InChI=1S/C26H38N4O3/c1-19-23(26(28-27-19)20-9-11-22(33-3)12-10-20)17-25(31)30(15-16-32-2)18-21-7-6-14-29-13-5-4-8-24(21)29/h9-12,21,24H,4-8,13-18H2,1-3H3,(H,27,28)/t21-,24-/m0/s1. The Morgan fingerprint density at radius 2 is 1.94 bits per heavy atom. The van der Waals surface area contributed by atoms with Crippen LogP contribution < -0.4 is 4.74 Å². The van der Waals surface area contributed by atoms with Gasteiger partial charge in [-0.3, -0.25) is 9.89 Å². The van der Waals surface area contributed by atoms with Crippen molar-refractivity contribution in [3.05, 3.63) is 35.5 Å². The van der Waals surface area contributed by atoms with Crippen LogP contribution in [0.2, 0.25) is 0 Å². The van der Waals surface area contributed by atoms with Crippen molar-refractivity contribution in [2.24, 2.45) is 5.92 Å². The highest BCUT2D eigenvalue weighted by molar-refractivity contribution is 5.82. The van der Waals surface area contributed by atoms with Crippen molar-refractivity contribution < 1.29 is 14.3 Å². The highest BCUT2D eigenvalue weighted by Gasteiger charge is 2.34. The predicted octanol–water partition coefficient (Wildman–Crippen LogP) is 3.68. The lowest BCUT2D eigenvalue weighted by Crippen LogP contribution is -2.52. The van der Waals surface area contributed by atoms with E-state index >= 15 is 0 Å². The number of benzene rings is 1. The summed E-state index contributed by atoms with van der Waals surface area (Å²) in [6.45, 7) is 6.43. The Morgan fingerprint density at radius 3 is 2.70 bits per heavy atom. The highest BCUT2D eigenvalue weighted by atomic mass is 16.5. The van der Waals surface area contributed by atoms with Gasteiger partial charge >= 0.3 is 0 Å². The molecule has 33 heavy (non-hydrogen) atoms. The second-order valence-electron chi connectivity index (χ2n) is 9.42. The second kappa shape index (κ2) is 11.2. The number of hydrogen-bond donors (Lipinski definition) is 1. The number of rotatable bonds is 9. The van der Waals surface area contributed by atoms with Crippen LogP contribution in [0.5, 0.6) is 5.75 Å². The fourth-order valence-electron chi connectivity index (χ4n) is 5.51. The van der Waals surface area contributed by atoms with E-state index in [1.807, 2.05) is 36.1 Å². The van der Waals surface area contributed by atoms with Crippen LogP contribution in [0, 0.1) is 12.8 Å². The first-order valence-corrected chi connectivity index (χ1v) is 12.3. The van der Waals surface area contributed by atoms with Gasteiger partial charge in [0.25, 0.3) is 0 Å². The normalized spacial score (nSPS) is 20.9. The molecule has 2 atom stereocenters. The molecule has 2 aliphatic heterocycles. The number of ether oxygens (including phenoxy) is 2. The molecule has 0 aliphatic carbocycles. The number of hydrogen-bond acceptors (Lipinski definition) is 5. The molecule has 1 aromatic carbocycles. The lowest BCUT2D eigenvalue weighted by atomic mass is 9.83. The van der Waals surface area contributed by atoms with Gasteiger partial charge in [-0.25, -0.2) is 0 Å². The molecule has 1 N–H and O–H groups in total. The van der Waals surface area contributed by atoms with E-state index in [4.69, 9.17) is 9.47 Å². The Morgan fingerprint density at radius 1 is 1.15 bits per heavy atom. The summed E-state index contributed by atoms with van der Waals surface area (Å²) < 4.78 is 10.6. The Hall–Kier alpha value is -2.38. The maximum Gasteiger partial charge on any atom is 0.227 e. The first-order chi connectivity index (χ1) is 16.1. The van der Waals surface area contributed by atoms with Gasteiger partial charge in [0.15, 0.2) is 0 Å². The second-order valence-corrected chi connectivity index (χ2v) is 9.42. The first kappa shape index (κ1) is 23.8. The third-order valence-corrected chi connectivity index (χ3v) is 7.37. The molecule has 7 nitrogen and oxygen atoms in total. The third kappa shape index (κ3) is 5.58. The van der Waals surface area contributed by atoms with Gasteiger partial charge in [-0.1, -0.05) is 6.42 Å². The number of nitrogens with one attached hydrogen (secondary N) is 1. The molecule has 0 bridgehead atoms. The summed E-state index contributed by atoms with van der Waals surface area (Å²) in [6, 6.07) is 8.45. The Labute approximate surface area is 197 Å². The van der Waals surface area contributed by atoms with Gasteiger partial charge < -0.3 is 19.3 Å². The molecule has 0 radical (unpaired) electrons. The molecule has 2 fully saturated rings. The lowest BCUT2D eigenvalue weighted by Gasteiger charge is -2.45. The molecule has 0 unspecified atom stereocenters. The number of H-pyrrole nitrogens is 1. The van der Waals surface area contributed by atoms with E-state index in [-0.39, 0.29) is 5.91 Å². The zero-order valence-corrected chi connectivity index (χ0v) is 20.3. The summed E-state index contributed by atoms with van der Waals surface area (Å²) in [5.74, 6) is 1.50. The minimum Gasteiger partial charge on any atom is -0.497 e. The van der Waals surface area contributed by atoms with E-state index in [0.717, 1.165) is 34.8 Å². The van der Waals surface area contributed by atoms with Crippen molar-refractivity contribution in [2.45, 2.75) is 51.5 Å². The number of piperidine rings is 2. The number of methoxy groups -OCH3 is 2. The maximum atomic E-state index is 13.6. The summed E-state index contributed by atoms with van der Waals surface area (Å²) in [7, 11) is 3.36. The minimum absolute atomic E-state index is 0.152. The molecular weight excluding hydrogens is 416 g/mol. The Bertz CT molecular complexity index is 909. The van der Waals surface area contributed by atoms with Gasteiger partial charge in [-0.05, 0) is 75.9 Å². The highest BCUT2D eigenvalue weighted by Crippen LogP contribution is 2.32. The van der Waals surface area contributed by atoms with E-state index in [0.29, 0.717) is 31.5 Å². The largest absolute Gasteiger partial charge is 0.497 e. The molecule has 180 valence electrons. The predicted molar refractivity (Wildman–Crippen MR) is 129 cm³/mol. The quantitative estimate of drug-likeness (QED) is 0.626. The summed E-state index contributed by atoms with van der Waals surface area (Å²) in [6.07, 6.45) is 6.66. The summed E-state index contributed by atoms with van der Waals surface area (Å²) in [4.78, 5) is 18.3. The van der Waals surface area contributed by atoms with E-state index in [1.54, 1.807) is 14.2 Å². The molecule has 0 spiro atoms. The van der Waals surface area contributed by atoms with Crippen molar-refractivity contribution in [1.82, 2.24) is 20.0 Å². The van der Waals surface area contributed by atoms with Crippen LogP contribution in [0.3, 0.4) is 0 Å². The van der Waals surface area contributed by atoms with Gasteiger partial charge in [0.05, 0.1) is 25.8 Å². The number of fused-ring (bicyclic) bond motifs is 1.